The molecule has 3 atom stereocenters. The molecule has 5 nitrogen and oxygen atoms in total. The molecule has 1 heterocycles. The third-order valence-corrected chi connectivity index (χ3v) is 4.17. The minimum absolute atomic E-state index is 0.0951. The number of hydrogen-bond acceptors (Lipinski definition) is 3. The van der Waals surface area contributed by atoms with Crippen molar-refractivity contribution in [3.8, 4) is 0 Å². The Kier molecular flexibility index (Phi) is 4.96. The van der Waals surface area contributed by atoms with Gasteiger partial charge in [0.05, 0.1) is 6.04 Å². The van der Waals surface area contributed by atoms with E-state index in [-0.39, 0.29) is 17.9 Å². The van der Waals surface area contributed by atoms with Crippen molar-refractivity contribution in [1.29, 1.82) is 0 Å². The molecule has 0 aromatic heterocycles. The molecule has 2 rings (SSSR count). The zero-order chi connectivity index (χ0) is 15.4. The zero-order valence-electron chi connectivity index (χ0n) is 12.4. The van der Waals surface area contributed by atoms with E-state index in [4.69, 9.17) is 0 Å². The molecule has 2 unspecified atom stereocenters. The standard InChI is InChI=1S/C16H22N2O3/c1-3-10(2)14(16(20)21)18-15(19)13-8-11-6-4-5-7-12(11)9-17-13/h4-7,10,13-14,17H,3,8-9H2,1-2H3,(H,18,19)(H,20,21)/t10?,13?,14-/m0/s1. The molecule has 0 radical (unpaired) electrons. The highest BCUT2D eigenvalue weighted by molar-refractivity contribution is 5.87. The first-order chi connectivity index (χ1) is 10.0. The Hall–Kier alpha value is -1.88. The van der Waals surface area contributed by atoms with E-state index in [9.17, 15) is 14.7 Å². The summed E-state index contributed by atoms with van der Waals surface area (Å²) in [5.74, 6) is -1.31. The van der Waals surface area contributed by atoms with Crippen LogP contribution in [-0.4, -0.2) is 29.1 Å². The second-order valence-corrected chi connectivity index (χ2v) is 5.62. The molecular formula is C16H22N2O3. The van der Waals surface area contributed by atoms with E-state index >= 15 is 0 Å². The van der Waals surface area contributed by atoms with Crippen LogP contribution >= 0.6 is 0 Å². The Balaban J connectivity index is 2.03. The van der Waals surface area contributed by atoms with Gasteiger partial charge in [-0.05, 0) is 23.5 Å². The van der Waals surface area contributed by atoms with Crippen LogP contribution in [0.5, 0.6) is 0 Å². The molecule has 114 valence electrons. The van der Waals surface area contributed by atoms with E-state index in [1.54, 1.807) is 0 Å². The molecule has 1 aliphatic heterocycles. The first-order valence-electron chi connectivity index (χ1n) is 7.36. The van der Waals surface area contributed by atoms with Gasteiger partial charge in [-0.2, -0.15) is 0 Å². The van der Waals surface area contributed by atoms with Crippen molar-refractivity contribution in [2.45, 2.75) is 45.3 Å². The van der Waals surface area contributed by atoms with Gasteiger partial charge in [0.25, 0.3) is 0 Å². The number of benzene rings is 1. The Morgan fingerprint density at radius 2 is 2.05 bits per heavy atom. The summed E-state index contributed by atoms with van der Waals surface area (Å²) < 4.78 is 0. The summed E-state index contributed by atoms with van der Waals surface area (Å²) in [4.78, 5) is 23.6. The average Bonchev–Trinajstić information content (AvgIpc) is 2.50. The molecule has 21 heavy (non-hydrogen) atoms. The average molecular weight is 290 g/mol. The molecule has 0 spiro atoms. The summed E-state index contributed by atoms with van der Waals surface area (Å²) in [5, 5.41) is 15.1. The van der Waals surface area contributed by atoms with Crippen LogP contribution in [0.2, 0.25) is 0 Å². The summed E-state index contributed by atoms with van der Waals surface area (Å²) in [6.45, 7) is 4.39. The number of aliphatic carboxylic acids is 1. The lowest BCUT2D eigenvalue weighted by molar-refractivity contribution is -0.143. The third kappa shape index (κ3) is 3.61. The van der Waals surface area contributed by atoms with Crippen molar-refractivity contribution in [3.63, 3.8) is 0 Å². The highest BCUT2D eigenvalue weighted by Crippen LogP contribution is 2.17. The van der Waals surface area contributed by atoms with Crippen LogP contribution in [0.4, 0.5) is 0 Å². The molecule has 0 saturated carbocycles. The minimum atomic E-state index is -0.978. The number of amides is 1. The minimum Gasteiger partial charge on any atom is -0.480 e. The predicted molar refractivity (Wildman–Crippen MR) is 79.8 cm³/mol. The van der Waals surface area contributed by atoms with Crippen molar-refractivity contribution < 1.29 is 14.7 Å². The fourth-order valence-corrected chi connectivity index (χ4v) is 2.58. The lowest BCUT2D eigenvalue weighted by Gasteiger charge is -2.28. The van der Waals surface area contributed by atoms with Crippen LogP contribution in [0.15, 0.2) is 24.3 Å². The van der Waals surface area contributed by atoms with Crippen LogP contribution in [0.1, 0.15) is 31.4 Å². The molecule has 0 fully saturated rings. The Labute approximate surface area is 124 Å². The van der Waals surface area contributed by atoms with Gasteiger partial charge in [-0.1, -0.05) is 44.5 Å². The lowest BCUT2D eigenvalue weighted by Crippen LogP contribution is -2.54. The lowest BCUT2D eigenvalue weighted by atomic mass is 9.94. The Bertz CT molecular complexity index is 530. The van der Waals surface area contributed by atoms with Gasteiger partial charge in [-0.25, -0.2) is 4.79 Å². The normalized spacial score (nSPS) is 20.2. The van der Waals surface area contributed by atoms with Crippen LogP contribution < -0.4 is 10.6 Å². The van der Waals surface area contributed by atoms with E-state index in [0.717, 1.165) is 5.56 Å². The van der Waals surface area contributed by atoms with Gasteiger partial charge >= 0.3 is 5.97 Å². The SMILES string of the molecule is CCC(C)[C@H](NC(=O)C1Cc2ccccc2CN1)C(=O)O. The van der Waals surface area contributed by atoms with Gasteiger partial charge < -0.3 is 15.7 Å². The number of carbonyl (C=O) groups excluding carboxylic acids is 1. The monoisotopic (exact) mass is 290 g/mol. The summed E-state index contributed by atoms with van der Waals surface area (Å²) in [6, 6.07) is 6.78. The maximum absolute atomic E-state index is 12.3. The van der Waals surface area contributed by atoms with Gasteiger partial charge in [0.15, 0.2) is 0 Å². The van der Waals surface area contributed by atoms with Crippen molar-refractivity contribution in [1.82, 2.24) is 10.6 Å². The number of nitrogens with one attached hydrogen (secondary N) is 2. The van der Waals surface area contributed by atoms with Crippen molar-refractivity contribution in [2.24, 2.45) is 5.92 Å². The smallest absolute Gasteiger partial charge is 0.326 e. The van der Waals surface area contributed by atoms with Crippen LogP contribution in [0.25, 0.3) is 0 Å². The number of carboxylic acid groups (broad SMARTS) is 1. The van der Waals surface area contributed by atoms with Gasteiger partial charge in [0.1, 0.15) is 6.04 Å². The molecule has 0 bridgehead atoms. The van der Waals surface area contributed by atoms with E-state index in [1.807, 2.05) is 38.1 Å². The molecule has 3 N–H and O–H groups in total. The van der Waals surface area contributed by atoms with E-state index < -0.39 is 12.0 Å². The fraction of sp³-hybridized carbons (Fsp3) is 0.500. The van der Waals surface area contributed by atoms with Crippen LogP contribution in [-0.2, 0) is 22.6 Å². The van der Waals surface area contributed by atoms with E-state index in [1.165, 1.54) is 5.56 Å². The first-order valence-corrected chi connectivity index (χ1v) is 7.36. The summed E-state index contributed by atoms with van der Waals surface area (Å²) in [5.41, 5.74) is 2.34. The topological polar surface area (TPSA) is 78.4 Å². The van der Waals surface area contributed by atoms with Gasteiger partial charge in [-0.15, -0.1) is 0 Å². The van der Waals surface area contributed by atoms with E-state index in [0.29, 0.717) is 19.4 Å². The molecule has 1 amide bonds. The van der Waals surface area contributed by atoms with Crippen LogP contribution in [0, 0.1) is 5.92 Å². The fourth-order valence-electron chi connectivity index (χ4n) is 2.58. The molecule has 1 aromatic rings. The molecule has 5 heteroatoms. The summed E-state index contributed by atoms with van der Waals surface area (Å²) >= 11 is 0. The van der Waals surface area contributed by atoms with Crippen molar-refractivity contribution in [3.05, 3.63) is 35.4 Å². The first kappa shape index (κ1) is 15.5. The summed E-state index contributed by atoms with van der Waals surface area (Å²) in [6.07, 6.45) is 1.30. The zero-order valence-corrected chi connectivity index (χ0v) is 12.4. The number of hydrogen-bond donors (Lipinski definition) is 3. The Morgan fingerprint density at radius 1 is 1.38 bits per heavy atom. The second kappa shape index (κ2) is 6.72. The van der Waals surface area contributed by atoms with Gasteiger partial charge in [0, 0.05) is 6.54 Å². The number of rotatable bonds is 5. The molecule has 0 aliphatic carbocycles. The van der Waals surface area contributed by atoms with Gasteiger partial charge in [-0.3, -0.25) is 4.79 Å². The maximum Gasteiger partial charge on any atom is 0.326 e. The van der Waals surface area contributed by atoms with Crippen molar-refractivity contribution >= 4 is 11.9 Å². The Morgan fingerprint density at radius 3 is 2.67 bits per heavy atom. The maximum atomic E-state index is 12.3. The molecule has 1 aromatic carbocycles. The van der Waals surface area contributed by atoms with E-state index in [2.05, 4.69) is 10.6 Å². The number of carbonyl (C=O) groups is 2. The van der Waals surface area contributed by atoms with Crippen LogP contribution in [0.3, 0.4) is 0 Å². The predicted octanol–water partition coefficient (Wildman–Crippen LogP) is 1.32. The molecular weight excluding hydrogens is 268 g/mol. The number of fused-ring (bicyclic) bond motifs is 1. The quantitative estimate of drug-likeness (QED) is 0.764. The second-order valence-electron chi connectivity index (χ2n) is 5.62. The largest absolute Gasteiger partial charge is 0.480 e. The van der Waals surface area contributed by atoms with Gasteiger partial charge in [0.2, 0.25) is 5.91 Å². The molecule has 1 aliphatic rings. The highest BCUT2D eigenvalue weighted by atomic mass is 16.4. The third-order valence-electron chi connectivity index (χ3n) is 4.17. The molecule has 0 saturated heterocycles. The summed E-state index contributed by atoms with van der Waals surface area (Å²) in [7, 11) is 0. The van der Waals surface area contributed by atoms with Crippen molar-refractivity contribution in [2.75, 3.05) is 0 Å². The number of carboxylic acids is 1. The highest BCUT2D eigenvalue weighted by Gasteiger charge is 2.30.